The van der Waals surface area contributed by atoms with Gasteiger partial charge < -0.3 is 15.6 Å². The van der Waals surface area contributed by atoms with Gasteiger partial charge in [-0.15, -0.1) is 0 Å². The van der Waals surface area contributed by atoms with Crippen molar-refractivity contribution in [2.45, 2.75) is 19.6 Å². The van der Waals surface area contributed by atoms with Gasteiger partial charge in [0, 0.05) is 31.5 Å². The lowest BCUT2D eigenvalue weighted by molar-refractivity contribution is 0.103. The zero-order chi connectivity index (χ0) is 10.2. The number of ether oxygens (including phenoxy) is 1. The molecule has 1 heterocycles. The maximum atomic E-state index is 8.55. The highest BCUT2D eigenvalue weighted by Gasteiger charge is 2.00. The van der Waals surface area contributed by atoms with Crippen LogP contribution in [0.1, 0.15) is 17.7 Å². The maximum absolute atomic E-state index is 8.55. The van der Waals surface area contributed by atoms with Gasteiger partial charge in [0.05, 0.1) is 12.3 Å². The molecule has 0 aliphatic rings. The molecule has 0 saturated heterocycles. The molecule has 0 aliphatic heterocycles. The molecular formula is C10H16N2O2. The first kappa shape index (κ1) is 11.1. The van der Waals surface area contributed by atoms with Crippen LogP contribution in [0, 0.1) is 0 Å². The number of pyridine rings is 1. The Kier molecular flexibility index (Phi) is 5.14. The Balaban J connectivity index is 2.41. The number of hydrogen-bond donors (Lipinski definition) is 2. The van der Waals surface area contributed by atoms with Crippen molar-refractivity contribution in [3.63, 3.8) is 0 Å². The molecule has 0 aromatic carbocycles. The first-order chi connectivity index (χ1) is 6.88. The Morgan fingerprint density at radius 3 is 3.07 bits per heavy atom. The monoisotopic (exact) mass is 196 g/mol. The quantitative estimate of drug-likeness (QED) is 0.648. The van der Waals surface area contributed by atoms with Gasteiger partial charge in [0.1, 0.15) is 0 Å². The molecule has 0 saturated carbocycles. The summed E-state index contributed by atoms with van der Waals surface area (Å²) in [5.41, 5.74) is 7.42. The fourth-order valence-electron chi connectivity index (χ4n) is 1.14. The van der Waals surface area contributed by atoms with Crippen molar-refractivity contribution >= 4 is 0 Å². The van der Waals surface area contributed by atoms with Crippen molar-refractivity contribution in [3.05, 3.63) is 29.6 Å². The van der Waals surface area contributed by atoms with Crippen molar-refractivity contribution in [3.8, 4) is 0 Å². The van der Waals surface area contributed by atoms with Crippen LogP contribution in [0.4, 0.5) is 0 Å². The van der Waals surface area contributed by atoms with Crippen LogP contribution >= 0.6 is 0 Å². The first-order valence-electron chi connectivity index (χ1n) is 4.70. The minimum absolute atomic E-state index is 0.163. The number of aliphatic hydroxyl groups is 1. The molecule has 4 nitrogen and oxygen atoms in total. The smallest absolute Gasteiger partial charge is 0.0735 e. The van der Waals surface area contributed by atoms with Gasteiger partial charge in [-0.2, -0.15) is 0 Å². The fourth-order valence-corrected chi connectivity index (χ4v) is 1.14. The van der Waals surface area contributed by atoms with Crippen molar-refractivity contribution in [2.75, 3.05) is 13.2 Å². The van der Waals surface area contributed by atoms with Crippen molar-refractivity contribution < 1.29 is 9.84 Å². The van der Waals surface area contributed by atoms with Crippen LogP contribution in [0.2, 0.25) is 0 Å². The van der Waals surface area contributed by atoms with E-state index in [2.05, 4.69) is 4.98 Å². The first-order valence-corrected chi connectivity index (χ1v) is 4.70. The highest BCUT2D eigenvalue weighted by molar-refractivity contribution is 5.18. The molecule has 1 aromatic heterocycles. The molecule has 3 N–H and O–H groups in total. The predicted molar refractivity (Wildman–Crippen MR) is 53.5 cm³/mol. The average molecular weight is 196 g/mol. The van der Waals surface area contributed by atoms with E-state index in [0.29, 0.717) is 26.2 Å². The summed E-state index contributed by atoms with van der Waals surface area (Å²) in [4.78, 5) is 4.14. The second-order valence-electron chi connectivity index (χ2n) is 2.94. The Hall–Kier alpha value is -0.970. The lowest BCUT2D eigenvalue weighted by Crippen LogP contribution is -2.06. The lowest BCUT2D eigenvalue weighted by atomic mass is 10.2. The SMILES string of the molecule is NCc1ncccc1COCCCO. The number of aliphatic hydroxyl groups excluding tert-OH is 1. The standard InChI is InChI=1S/C10H16N2O2/c11-7-10-9(3-1-4-12-10)8-14-6-2-5-13/h1,3-4,13H,2,5-8,11H2. The lowest BCUT2D eigenvalue weighted by Gasteiger charge is -2.06. The summed E-state index contributed by atoms with van der Waals surface area (Å²) in [5.74, 6) is 0. The Labute approximate surface area is 83.7 Å². The van der Waals surface area contributed by atoms with Crippen LogP contribution in [-0.4, -0.2) is 23.3 Å². The number of aromatic nitrogens is 1. The minimum atomic E-state index is 0.163. The minimum Gasteiger partial charge on any atom is -0.396 e. The van der Waals surface area contributed by atoms with Crippen LogP contribution in [0.15, 0.2) is 18.3 Å². The third kappa shape index (κ3) is 3.41. The van der Waals surface area contributed by atoms with E-state index in [9.17, 15) is 0 Å². The van der Waals surface area contributed by atoms with Crippen LogP contribution < -0.4 is 5.73 Å². The van der Waals surface area contributed by atoms with E-state index in [4.69, 9.17) is 15.6 Å². The van der Waals surface area contributed by atoms with Crippen LogP contribution in [0.5, 0.6) is 0 Å². The molecule has 0 bridgehead atoms. The van der Waals surface area contributed by atoms with E-state index in [1.54, 1.807) is 6.20 Å². The molecule has 78 valence electrons. The van der Waals surface area contributed by atoms with Gasteiger partial charge in [-0.05, 0) is 12.5 Å². The molecule has 0 atom stereocenters. The summed E-state index contributed by atoms with van der Waals surface area (Å²) in [5, 5.41) is 8.55. The van der Waals surface area contributed by atoms with Crippen LogP contribution in [0.25, 0.3) is 0 Å². The van der Waals surface area contributed by atoms with Gasteiger partial charge in [-0.3, -0.25) is 4.98 Å². The number of nitrogens with zero attached hydrogens (tertiary/aromatic N) is 1. The zero-order valence-corrected chi connectivity index (χ0v) is 8.15. The molecule has 0 fully saturated rings. The number of rotatable bonds is 6. The predicted octanol–water partition coefficient (Wildman–Crippen LogP) is 0.439. The van der Waals surface area contributed by atoms with Crippen molar-refractivity contribution in [1.82, 2.24) is 4.98 Å². The molecule has 0 spiro atoms. The molecule has 0 aliphatic carbocycles. The molecule has 0 unspecified atom stereocenters. The largest absolute Gasteiger partial charge is 0.396 e. The average Bonchev–Trinajstić information content (AvgIpc) is 2.25. The molecule has 0 radical (unpaired) electrons. The Morgan fingerprint density at radius 1 is 1.50 bits per heavy atom. The molecule has 0 amide bonds. The molecule has 14 heavy (non-hydrogen) atoms. The molecule has 1 rings (SSSR count). The van der Waals surface area contributed by atoms with E-state index < -0.39 is 0 Å². The van der Waals surface area contributed by atoms with Crippen molar-refractivity contribution in [1.29, 1.82) is 0 Å². The van der Waals surface area contributed by atoms with E-state index in [1.165, 1.54) is 0 Å². The van der Waals surface area contributed by atoms with Gasteiger partial charge in [-0.1, -0.05) is 6.07 Å². The van der Waals surface area contributed by atoms with Gasteiger partial charge in [-0.25, -0.2) is 0 Å². The third-order valence-corrected chi connectivity index (χ3v) is 1.88. The number of hydrogen-bond acceptors (Lipinski definition) is 4. The Bertz CT molecular complexity index is 266. The van der Waals surface area contributed by atoms with E-state index in [1.807, 2.05) is 12.1 Å². The summed E-state index contributed by atoms with van der Waals surface area (Å²) >= 11 is 0. The molecular weight excluding hydrogens is 180 g/mol. The highest BCUT2D eigenvalue weighted by Crippen LogP contribution is 2.06. The highest BCUT2D eigenvalue weighted by atomic mass is 16.5. The van der Waals surface area contributed by atoms with Crippen molar-refractivity contribution in [2.24, 2.45) is 5.73 Å². The molecule has 1 aromatic rings. The fraction of sp³-hybridized carbons (Fsp3) is 0.500. The van der Waals surface area contributed by atoms with Gasteiger partial charge in [0.25, 0.3) is 0 Å². The van der Waals surface area contributed by atoms with Crippen LogP contribution in [0.3, 0.4) is 0 Å². The second kappa shape index (κ2) is 6.48. The maximum Gasteiger partial charge on any atom is 0.0735 e. The third-order valence-electron chi connectivity index (χ3n) is 1.88. The zero-order valence-electron chi connectivity index (χ0n) is 8.15. The van der Waals surface area contributed by atoms with Crippen LogP contribution in [-0.2, 0) is 17.9 Å². The van der Waals surface area contributed by atoms with Gasteiger partial charge in [0.2, 0.25) is 0 Å². The topological polar surface area (TPSA) is 68.4 Å². The van der Waals surface area contributed by atoms with Gasteiger partial charge in [0.15, 0.2) is 0 Å². The number of nitrogens with two attached hydrogens (primary N) is 1. The van der Waals surface area contributed by atoms with E-state index >= 15 is 0 Å². The van der Waals surface area contributed by atoms with E-state index in [-0.39, 0.29) is 6.61 Å². The Morgan fingerprint density at radius 2 is 2.36 bits per heavy atom. The summed E-state index contributed by atoms with van der Waals surface area (Å²) in [6.07, 6.45) is 2.39. The van der Waals surface area contributed by atoms with Gasteiger partial charge >= 0.3 is 0 Å². The summed E-state index contributed by atoms with van der Waals surface area (Å²) in [6, 6.07) is 3.82. The summed E-state index contributed by atoms with van der Waals surface area (Å²) < 4.78 is 5.35. The summed E-state index contributed by atoms with van der Waals surface area (Å²) in [7, 11) is 0. The summed E-state index contributed by atoms with van der Waals surface area (Å²) in [6.45, 7) is 1.67. The van der Waals surface area contributed by atoms with E-state index in [0.717, 1.165) is 11.3 Å². The molecule has 4 heteroatoms. The normalized spacial score (nSPS) is 10.4. The second-order valence-corrected chi connectivity index (χ2v) is 2.94.